The van der Waals surface area contributed by atoms with Gasteiger partial charge in [-0.05, 0) is 18.1 Å². The minimum Gasteiger partial charge on any atom is -0.395 e. The number of β-amino-alcohol motifs (C(OH)–C–C–N with tert-alkyl or cyclic N) is 1. The van der Waals surface area contributed by atoms with Crippen LogP contribution in [0.5, 0.6) is 0 Å². The van der Waals surface area contributed by atoms with Gasteiger partial charge >= 0.3 is 5.88 Å². The fraction of sp³-hybridized carbons (Fsp3) is 0.353. The van der Waals surface area contributed by atoms with E-state index in [4.69, 9.17) is 4.42 Å². The lowest BCUT2D eigenvalue weighted by atomic mass is 10.1. The molecule has 8 nitrogen and oxygen atoms in total. The van der Waals surface area contributed by atoms with E-state index in [1.54, 1.807) is 0 Å². The predicted molar refractivity (Wildman–Crippen MR) is 89.0 cm³/mol. The summed E-state index contributed by atoms with van der Waals surface area (Å²) in [5.41, 5.74) is 1.13. The molecule has 3 rings (SSSR count). The Morgan fingerprint density at radius 1 is 1.32 bits per heavy atom. The zero-order valence-electron chi connectivity index (χ0n) is 13.5. The molecule has 1 saturated heterocycles. The van der Waals surface area contributed by atoms with Gasteiger partial charge in [0, 0.05) is 25.7 Å². The number of likely N-dealkylation sites (tertiary alicyclic amines) is 1. The third kappa shape index (κ3) is 4.23. The van der Waals surface area contributed by atoms with Crippen LogP contribution in [0.1, 0.15) is 22.5 Å². The third-order valence-corrected chi connectivity index (χ3v) is 4.23. The van der Waals surface area contributed by atoms with Crippen LogP contribution in [0.2, 0.25) is 0 Å². The lowest BCUT2D eigenvalue weighted by Gasteiger charge is -2.24. The summed E-state index contributed by atoms with van der Waals surface area (Å²) >= 11 is 0. The van der Waals surface area contributed by atoms with Gasteiger partial charge in [0.25, 0.3) is 5.91 Å². The molecule has 2 heterocycles. The van der Waals surface area contributed by atoms with Crippen molar-refractivity contribution in [3.05, 3.63) is 63.9 Å². The summed E-state index contributed by atoms with van der Waals surface area (Å²) in [6.45, 7) is 1.56. The van der Waals surface area contributed by atoms with Crippen LogP contribution in [0.25, 0.3) is 0 Å². The van der Waals surface area contributed by atoms with Crippen molar-refractivity contribution in [2.45, 2.75) is 25.1 Å². The van der Waals surface area contributed by atoms with Crippen LogP contribution in [-0.4, -0.2) is 46.1 Å². The van der Waals surface area contributed by atoms with Crippen molar-refractivity contribution < 1.29 is 19.2 Å². The number of furan rings is 1. The molecule has 2 atom stereocenters. The number of carbonyl (C=O) groups is 1. The van der Waals surface area contributed by atoms with Crippen LogP contribution in [0, 0.1) is 10.1 Å². The summed E-state index contributed by atoms with van der Waals surface area (Å²) < 4.78 is 4.89. The number of hydrogen-bond donors (Lipinski definition) is 2. The fourth-order valence-electron chi connectivity index (χ4n) is 3.03. The second-order valence-electron chi connectivity index (χ2n) is 6.06. The van der Waals surface area contributed by atoms with E-state index in [-0.39, 0.29) is 11.8 Å². The number of amides is 1. The van der Waals surface area contributed by atoms with Crippen molar-refractivity contribution in [2.75, 3.05) is 13.1 Å². The second kappa shape index (κ2) is 7.45. The molecule has 1 aromatic carbocycles. The van der Waals surface area contributed by atoms with Crippen LogP contribution < -0.4 is 5.32 Å². The predicted octanol–water partition coefficient (Wildman–Crippen LogP) is 1.55. The van der Waals surface area contributed by atoms with Gasteiger partial charge in [0.2, 0.25) is 0 Å². The lowest BCUT2D eigenvalue weighted by molar-refractivity contribution is -0.402. The molecule has 1 fully saturated rings. The monoisotopic (exact) mass is 345 g/mol. The zero-order chi connectivity index (χ0) is 17.8. The third-order valence-electron chi connectivity index (χ3n) is 4.23. The molecule has 2 N–H and O–H groups in total. The van der Waals surface area contributed by atoms with Gasteiger partial charge in [-0.25, -0.2) is 0 Å². The molecule has 1 amide bonds. The molecule has 1 aromatic heterocycles. The summed E-state index contributed by atoms with van der Waals surface area (Å²) in [5, 5.41) is 23.3. The summed E-state index contributed by atoms with van der Waals surface area (Å²) in [6.07, 6.45) is 0.126. The Hall–Kier alpha value is -2.71. The number of aliphatic hydroxyl groups is 1. The molecule has 0 radical (unpaired) electrons. The van der Waals surface area contributed by atoms with Gasteiger partial charge in [-0.3, -0.25) is 19.8 Å². The molecule has 1 aliphatic rings. The Kier molecular flexibility index (Phi) is 5.11. The van der Waals surface area contributed by atoms with Crippen molar-refractivity contribution in [1.29, 1.82) is 0 Å². The second-order valence-corrected chi connectivity index (χ2v) is 6.06. The van der Waals surface area contributed by atoms with Crippen molar-refractivity contribution in [1.82, 2.24) is 10.2 Å². The van der Waals surface area contributed by atoms with Crippen LogP contribution in [-0.2, 0) is 6.54 Å². The van der Waals surface area contributed by atoms with E-state index in [0.29, 0.717) is 26.1 Å². The maximum atomic E-state index is 12.1. The smallest absolute Gasteiger partial charge is 0.395 e. The van der Waals surface area contributed by atoms with E-state index in [1.807, 2.05) is 30.3 Å². The van der Waals surface area contributed by atoms with E-state index in [1.165, 1.54) is 6.07 Å². The minimum atomic E-state index is -0.689. The molecule has 0 bridgehead atoms. The highest BCUT2D eigenvalue weighted by Gasteiger charge is 2.31. The molecule has 8 heteroatoms. The Morgan fingerprint density at radius 2 is 2.08 bits per heavy atom. The Morgan fingerprint density at radius 3 is 2.76 bits per heavy atom. The number of carbonyl (C=O) groups excluding carboxylic acids is 1. The first-order valence-corrected chi connectivity index (χ1v) is 8.01. The number of nitrogens with one attached hydrogen (secondary N) is 1. The normalized spacial score (nSPS) is 20.5. The quantitative estimate of drug-likeness (QED) is 0.607. The zero-order valence-corrected chi connectivity index (χ0v) is 13.5. The van der Waals surface area contributed by atoms with Crippen LogP contribution in [0.3, 0.4) is 0 Å². The number of nitro groups is 1. The SMILES string of the molecule is O=C(NC[C@H]1C[C@H](O)CN1Cc1ccccc1)c1ccc([N+](=O)[O-])o1. The number of benzene rings is 1. The Labute approximate surface area is 144 Å². The number of aliphatic hydroxyl groups excluding tert-OH is 1. The van der Waals surface area contributed by atoms with Crippen LogP contribution >= 0.6 is 0 Å². The summed E-state index contributed by atoms with van der Waals surface area (Å²) in [6, 6.07) is 12.3. The average molecular weight is 345 g/mol. The highest BCUT2D eigenvalue weighted by Crippen LogP contribution is 2.21. The molecule has 2 aromatic rings. The fourth-order valence-corrected chi connectivity index (χ4v) is 3.03. The summed E-state index contributed by atoms with van der Waals surface area (Å²) in [5.74, 6) is -1.07. The maximum Gasteiger partial charge on any atom is 0.433 e. The van der Waals surface area contributed by atoms with Crippen molar-refractivity contribution in [3.8, 4) is 0 Å². The molecule has 0 aliphatic carbocycles. The van der Waals surface area contributed by atoms with Crippen molar-refractivity contribution >= 4 is 11.8 Å². The summed E-state index contributed by atoms with van der Waals surface area (Å²) in [7, 11) is 0. The van der Waals surface area contributed by atoms with E-state index in [2.05, 4.69) is 10.2 Å². The minimum absolute atomic E-state index is 0.0101. The first-order valence-electron chi connectivity index (χ1n) is 8.01. The van der Waals surface area contributed by atoms with Crippen molar-refractivity contribution in [3.63, 3.8) is 0 Å². The first-order chi connectivity index (χ1) is 12.0. The van der Waals surface area contributed by atoms with Gasteiger partial charge in [0.15, 0.2) is 5.76 Å². The van der Waals surface area contributed by atoms with Gasteiger partial charge in [0.1, 0.15) is 4.92 Å². The van der Waals surface area contributed by atoms with E-state index < -0.39 is 22.8 Å². The van der Waals surface area contributed by atoms with Gasteiger partial charge in [0.05, 0.1) is 12.2 Å². The standard InChI is InChI=1S/C17H19N3O5/c21-14-8-13(19(11-14)10-12-4-2-1-3-5-12)9-18-17(22)15-6-7-16(25-15)20(23)24/h1-7,13-14,21H,8-11H2,(H,18,22)/t13-,14+/m1/s1. The van der Waals surface area contributed by atoms with E-state index >= 15 is 0 Å². The molecule has 25 heavy (non-hydrogen) atoms. The molecule has 132 valence electrons. The molecule has 0 saturated carbocycles. The van der Waals surface area contributed by atoms with Crippen molar-refractivity contribution in [2.24, 2.45) is 0 Å². The number of nitrogens with zero attached hydrogens (tertiary/aromatic N) is 2. The van der Waals surface area contributed by atoms with Gasteiger partial charge < -0.3 is 14.8 Å². The first kappa shape index (κ1) is 17.1. The summed E-state index contributed by atoms with van der Waals surface area (Å²) in [4.78, 5) is 24.1. The molecular weight excluding hydrogens is 326 g/mol. The van der Waals surface area contributed by atoms with E-state index in [9.17, 15) is 20.0 Å². The highest BCUT2D eigenvalue weighted by atomic mass is 16.6. The average Bonchev–Trinajstić information content (AvgIpc) is 3.21. The number of hydrogen-bond acceptors (Lipinski definition) is 6. The molecule has 0 unspecified atom stereocenters. The van der Waals surface area contributed by atoms with Crippen LogP contribution in [0.15, 0.2) is 46.9 Å². The van der Waals surface area contributed by atoms with Crippen LogP contribution in [0.4, 0.5) is 5.88 Å². The molecule has 0 spiro atoms. The van der Waals surface area contributed by atoms with E-state index in [0.717, 1.165) is 11.6 Å². The number of rotatable bonds is 6. The Bertz CT molecular complexity index is 746. The molecule has 1 aliphatic heterocycles. The van der Waals surface area contributed by atoms with Gasteiger partial charge in [-0.2, -0.15) is 0 Å². The topological polar surface area (TPSA) is 109 Å². The molecular formula is C17H19N3O5. The Balaban J connectivity index is 1.58. The lowest BCUT2D eigenvalue weighted by Crippen LogP contribution is -2.39. The highest BCUT2D eigenvalue weighted by molar-refractivity contribution is 5.91. The largest absolute Gasteiger partial charge is 0.433 e. The van der Waals surface area contributed by atoms with Gasteiger partial charge in [-0.1, -0.05) is 30.3 Å². The maximum absolute atomic E-state index is 12.1. The van der Waals surface area contributed by atoms with Gasteiger partial charge in [-0.15, -0.1) is 0 Å².